The predicted octanol–water partition coefficient (Wildman–Crippen LogP) is 1.05. The van der Waals surface area contributed by atoms with Gasteiger partial charge in [0.05, 0.1) is 13.1 Å². The van der Waals surface area contributed by atoms with Gasteiger partial charge in [0.1, 0.15) is 5.75 Å². The third-order valence-electron chi connectivity index (χ3n) is 2.36. The highest BCUT2D eigenvalue weighted by atomic mass is 19.4. The van der Waals surface area contributed by atoms with Gasteiger partial charge in [-0.3, -0.25) is 14.9 Å². The Balaban J connectivity index is 2.18. The fourth-order valence-electron chi connectivity index (χ4n) is 1.70. The summed E-state index contributed by atoms with van der Waals surface area (Å²) >= 11 is 0. The van der Waals surface area contributed by atoms with Crippen LogP contribution in [0.1, 0.15) is 0 Å². The minimum atomic E-state index is -4.78. The molecule has 0 saturated carbocycles. The smallest absolute Gasteiger partial charge is 0.406 e. The van der Waals surface area contributed by atoms with Gasteiger partial charge in [-0.15, -0.1) is 13.2 Å². The van der Waals surface area contributed by atoms with Crippen molar-refractivity contribution in [1.29, 1.82) is 0 Å². The van der Waals surface area contributed by atoms with Gasteiger partial charge in [0.25, 0.3) is 0 Å². The van der Waals surface area contributed by atoms with Crippen LogP contribution in [0.15, 0.2) is 24.3 Å². The molecule has 19 heavy (non-hydrogen) atoms. The first-order chi connectivity index (χ1) is 8.83. The molecule has 0 bridgehead atoms. The Morgan fingerprint density at radius 2 is 1.79 bits per heavy atom. The summed E-state index contributed by atoms with van der Waals surface area (Å²) in [5.74, 6) is -1.40. The second-order valence-electron chi connectivity index (χ2n) is 3.87. The van der Waals surface area contributed by atoms with Crippen molar-refractivity contribution in [2.75, 3.05) is 18.0 Å². The third-order valence-corrected chi connectivity index (χ3v) is 2.36. The molecule has 1 aromatic carbocycles. The number of benzene rings is 1. The minimum Gasteiger partial charge on any atom is -0.406 e. The van der Waals surface area contributed by atoms with E-state index in [9.17, 15) is 22.8 Å². The number of ether oxygens (including phenoxy) is 1. The Morgan fingerprint density at radius 1 is 1.16 bits per heavy atom. The zero-order valence-corrected chi connectivity index (χ0v) is 9.53. The summed E-state index contributed by atoms with van der Waals surface area (Å²) in [5, 5.41) is 2.10. The number of imide groups is 1. The molecule has 102 valence electrons. The van der Waals surface area contributed by atoms with Gasteiger partial charge in [0, 0.05) is 11.8 Å². The number of carbonyl (C=O) groups is 2. The number of rotatable bonds is 2. The lowest BCUT2D eigenvalue weighted by atomic mass is 10.2. The van der Waals surface area contributed by atoms with Gasteiger partial charge < -0.3 is 9.64 Å². The molecule has 0 aliphatic carbocycles. The summed E-state index contributed by atoms with van der Waals surface area (Å²) in [7, 11) is 0. The van der Waals surface area contributed by atoms with Crippen LogP contribution in [0.5, 0.6) is 5.75 Å². The number of hydrogen-bond acceptors (Lipinski definition) is 4. The predicted molar refractivity (Wildman–Crippen MR) is 58.5 cm³/mol. The summed E-state index contributed by atoms with van der Waals surface area (Å²) in [6.45, 7) is -0.192. The number of alkyl halides is 3. The maximum atomic E-state index is 12.1. The molecule has 1 aliphatic rings. The molecule has 1 fully saturated rings. The summed E-state index contributed by atoms with van der Waals surface area (Å²) in [6, 6.07) is 5.12. The summed E-state index contributed by atoms with van der Waals surface area (Å²) in [6.07, 6.45) is -4.78. The van der Waals surface area contributed by atoms with Crippen LogP contribution in [0.4, 0.5) is 18.9 Å². The average molecular weight is 274 g/mol. The number of piperazine rings is 1. The standard InChI is InChI=1S/C11H9F3N2O3/c12-11(13,14)19-8-3-1-2-7(4-8)16-5-9(17)15-10(18)6-16/h1-4H,5-6H2,(H,15,17,18). The van der Waals surface area contributed by atoms with E-state index in [0.29, 0.717) is 5.69 Å². The summed E-state index contributed by atoms with van der Waals surface area (Å²) in [4.78, 5) is 23.7. The number of nitrogens with one attached hydrogen (secondary N) is 1. The fourth-order valence-corrected chi connectivity index (χ4v) is 1.70. The second kappa shape index (κ2) is 4.79. The zero-order valence-electron chi connectivity index (χ0n) is 9.53. The summed E-state index contributed by atoms with van der Waals surface area (Å²) in [5.41, 5.74) is 0.310. The van der Waals surface area contributed by atoms with Crippen LogP contribution in [0.3, 0.4) is 0 Å². The molecule has 0 spiro atoms. The highest BCUT2D eigenvalue weighted by molar-refractivity contribution is 6.02. The zero-order chi connectivity index (χ0) is 14.0. The summed E-state index contributed by atoms with van der Waals surface area (Å²) < 4.78 is 40.0. The van der Waals surface area contributed by atoms with E-state index in [1.807, 2.05) is 0 Å². The maximum Gasteiger partial charge on any atom is 0.573 e. The number of carbonyl (C=O) groups excluding carboxylic acids is 2. The number of anilines is 1. The maximum absolute atomic E-state index is 12.1. The van der Waals surface area contributed by atoms with Crippen LogP contribution in [0.2, 0.25) is 0 Å². The van der Waals surface area contributed by atoms with Crippen molar-refractivity contribution in [3.05, 3.63) is 24.3 Å². The fraction of sp³-hybridized carbons (Fsp3) is 0.273. The van der Waals surface area contributed by atoms with Gasteiger partial charge in [-0.2, -0.15) is 0 Å². The van der Waals surface area contributed by atoms with Gasteiger partial charge in [-0.05, 0) is 12.1 Å². The molecule has 1 N–H and O–H groups in total. The normalized spacial score (nSPS) is 16.3. The van der Waals surface area contributed by atoms with Gasteiger partial charge >= 0.3 is 6.36 Å². The van der Waals surface area contributed by atoms with Crippen LogP contribution >= 0.6 is 0 Å². The van der Waals surface area contributed by atoms with E-state index < -0.39 is 23.9 Å². The monoisotopic (exact) mass is 274 g/mol. The van der Waals surface area contributed by atoms with Gasteiger partial charge in [-0.25, -0.2) is 0 Å². The van der Waals surface area contributed by atoms with Crippen molar-refractivity contribution in [2.45, 2.75) is 6.36 Å². The van der Waals surface area contributed by atoms with E-state index in [1.54, 1.807) is 0 Å². The lowest BCUT2D eigenvalue weighted by molar-refractivity contribution is -0.274. The van der Waals surface area contributed by atoms with Gasteiger partial charge in [-0.1, -0.05) is 6.07 Å². The van der Waals surface area contributed by atoms with Crippen LogP contribution in [-0.2, 0) is 9.59 Å². The Bertz CT molecular complexity index is 500. The molecule has 0 unspecified atom stereocenters. The molecular formula is C11H9F3N2O3. The van der Waals surface area contributed by atoms with Crippen molar-refractivity contribution >= 4 is 17.5 Å². The van der Waals surface area contributed by atoms with Crippen LogP contribution in [0.25, 0.3) is 0 Å². The Morgan fingerprint density at radius 3 is 2.37 bits per heavy atom. The highest BCUT2D eigenvalue weighted by Gasteiger charge is 2.31. The average Bonchev–Trinajstić information content (AvgIpc) is 2.25. The lowest BCUT2D eigenvalue weighted by Crippen LogP contribution is -2.51. The van der Waals surface area contributed by atoms with E-state index in [2.05, 4.69) is 10.1 Å². The van der Waals surface area contributed by atoms with Crippen molar-refractivity contribution in [1.82, 2.24) is 5.32 Å². The first-order valence-electron chi connectivity index (χ1n) is 5.27. The molecule has 2 amide bonds. The van der Waals surface area contributed by atoms with E-state index in [1.165, 1.54) is 17.0 Å². The quantitative estimate of drug-likeness (QED) is 0.819. The first kappa shape index (κ1) is 13.2. The van der Waals surface area contributed by atoms with E-state index >= 15 is 0 Å². The molecule has 1 aliphatic heterocycles. The molecule has 5 nitrogen and oxygen atoms in total. The number of nitrogens with zero attached hydrogens (tertiary/aromatic N) is 1. The van der Waals surface area contributed by atoms with Gasteiger partial charge in [0.15, 0.2) is 0 Å². The Kier molecular flexibility index (Phi) is 3.32. The highest BCUT2D eigenvalue weighted by Crippen LogP contribution is 2.26. The largest absolute Gasteiger partial charge is 0.573 e. The number of amides is 2. The van der Waals surface area contributed by atoms with Crippen LogP contribution in [-0.4, -0.2) is 31.3 Å². The molecule has 0 radical (unpaired) electrons. The van der Waals surface area contributed by atoms with E-state index in [-0.39, 0.29) is 13.1 Å². The SMILES string of the molecule is O=C1CN(c2cccc(OC(F)(F)F)c2)CC(=O)N1. The van der Waals surface area contributed by atoms with Crippen molar-refractivity contribution in [2.24, 2.45) is 0 Å². The number of halogens is 3. The van der Waals surface area contributed by atoms with Crippen molar-refractivity contribution in [3.8, 4) is 5.75 Å². The first-order valence-corrected chi connectivity index (χ1v) is 5.27. The molecule has 8 heteroatoms. The molecule has 1 heterocycles. The Labute approximate surface area is 105 Å². The molecule has 1 aromatic rings. The topological polar surface area (TPSA) is 58.6 Å². The molecular weight excluding hydrogens is 265 g/mol. The minimum absolute atomic E-state index is 0.0960. The molecule has 1 saturated heterocycles. The van der Waals surface area contributed by atoms with Crippen LogP contribution in [0, 0.1) is 0 Å². The third kappa shape index (κ3) is 3.60. The molecule has 2 rings (SSSR count). The van der Waals surface area contributed by atoms with Crippen LogP contribution < -0.4 is 15.0 Å². The van der Waals surface area contributed by atoms with Crippen molar-refractivity contribution in [3.63, 3.8) is 0 Å². The second-order valence-corrected chi connectivity index (χ2v) is 3.87. The van der Waals surface area contributed by atoms with E-state index in [4.69, 9.17) is 0 Å². The van der Waals surface area contributed by atoms with Gasteiger partial charge in [0.2, 0.25) is 11.8 Å². The van der Waals surface area contributed by atoms with Crippen molar-refractivity contribution < 1.29 is 27.5 Å². The molecule has 0 atom stereocenters. The molecule has 0 aromatic heterocycles. The lowest BCUT2D eigenvalue weighted by Gasteiger charge is -2.27. The van der Waals surface area contributed by atoms with E-state index in [0.717, 1.165) is 12.1 Å². The Hall–Kier alpha value is -2.25. The number of hydrogen-bond donors (Lipinski definition) is 1.